The van der Waals surface area contributed by atoms with Crippen molar-refractivity contribution < 1.29 is 35.0 Å². The van der Waals surface area contributed by atoms with Gasteiger partial charge < -0.3 is 9.47 Å². The maximum Gasteiger partial charge on any atom is -0.0134 e. The molecule has 482 valence electrons. The van der Waals surface area contributed by atoms with Crippen molar-refractivity contribution in [2.45, 2.75) is 84.1 Å². The fourth-order valence-corrected chi connectivity index (χ4v) is 17.3. The molecule has 92 heavy (non-hydrogen) atoms. The van der Waals surface area contributed by atoms with Crippen LogP contribution in [0.25, 0.3) is 22.1 Å². The number of hydrogen-bond donors (Lipinski definition) is 0. The van der Waals surface area contributed by atoms with Crippen LogP contribution in [-0.2, 0) is 62.2 Å². The van der Waals surface area contributed by atoms with Crippen LogP contribution >= 0.6 is 50.8 Å². The first kappa shape index (κ1) is 71.4. The molecule has 0 aliphatic heterocycles. The summed E-state index contributed by atoms with van der Waals surface area (Å²) in [6, 6.07) is 76.6. The van der Waals surface area contributed by atoms with E-state index in [1.165, 1.54) is 46.0 Å². The van der Waals surface area contributed by atoms with Gasteiger partial charge in [0.2, 0.25) is 0 Å². The summed E-state index contributed by atoms with van der Waals surface area (Å²) in [4.78, 5) is 48.7. The monoisotopic (exact) mass is 1480 g/mol. The first-order valence-electron chi connectivity index (χ1n) is 31.0. The van der Waals surface area contributed by atoms with Crippen molar-refractivity contribution in [1.82, 2.24) is 18.3 Å². The number of nitrogens with zero attached hydrogens (tertiary/aromatic N) is 4. The molecule has 0 spiro atoms. The topological polar surface area (TPSA) is 106 Å². The summed E-state index contributed by atoms with van der Waals surface area (Å²) in [5, 5.41) is 8.39. The number of esters is 2. The molecular weight excluding hydrogens is 1400 g/mol. The number of rotatable bonds is 12. The number of ether oxygens (including phenoxy) is 2. The summed E-state index contributed by atoms with van der Waals surface area (Å²) in [6.07, 6.45) is 7.16. The van der Waals surface area contributed by atoms with Gasteiger partial charge in [-0.25, -0.2) is 9.59 Å². The number of fused-ring (bicyclic) bond motifs is 2. The molecule has 10 aromatic rings. The minimum absolute atomic E-state index is 0.00827. The van der Waals surface area contributed by atoms with Crippen LogP contribution in [0.5, 0.6) is 0 Å². The van der Waals surface area contributed by atoms with E-state index < -0.39 is 23.9 Å². The van der Waals surface area contributed by atoms with Gasteiger partial charge in [-0.2, -0.15) is 0 Å². The zero-order valence-corrected chi connectivity index (χ0v) is 60.7. The van der Waals surface area contributed by atoms with Gasteiger partial charge in [-0.05, 0) is 147 Å². The fourth-order valence-electron chi connectivity index (χ4n) is 11.9. The minimum Gasteiger partial charge on any atom is -0.0622 e. The molecule has 2 fully saturated rings. The van der Waals surface area contributed by atoms with Crippen LogP contribution in [0.3, 0.4) is 0 Å². The predicted octanol–water partition coefficient (Wildman–Crippen LogP) is 14.9. The zero-order valence-electron chi connectivity index (χ0n) is 53.2. The maximum atomic E-state index is 12.8. The Morgan fingerprint density at radius 2 is 0.772 bits per heavy atom. The van der Waals surface area contributed by atoms with E-state index in [4.69, 9.17) is 28.5 Å². The van der Waals surface area contributed by atoms with Crippen molar-refractivity contribution in [3.8, 4) is 11.5 Å². The van der Waals surface area contributed by atoms with Crippen molar-refractivity contribution >= 4 is 125 Å². The quantitative estimate of drug-likeness (QED) is 0.0522. The zero-order chi connectivity index (χ0) is 65.6. The molecule has 2 aliphatic carbocycles. The van der Waals surface area contributed by atoms with Gasteiger partial charge in [0.1, 0.15) is 8.07 Å². The van der Waals surface area contributed by atoms with Crippen LogP contribution in [0.15, 0.2) is 232 Å². The Kier molecular flexibility index (Phi) is 27.8. The Balaban J connectivity index is 0.000000157. The number of benzene rings is 8. The first-order valence-corrected chi connectivity index (χ1v) is 42.0. The SMILES string of the molecule is COC(=O)C1CCC(Cn2c(=O)n(C)c3ccc(Br)cc32)CC1.COC(=O)C1CCC(Cn2c(=O)n(C)c3ccc(C#C[Si](C)(C)C)cc32)CC1.[Cl][Pd][Cl].c1ccc(P(c2ccccc2)c2ccccc2)cc1.c1ccc(P(c2ccccc2)c2ccccc2)cc1. The third-order valence-electron chi connectivity index (χ3n) is 16.6. The van der Waals surface area contributed by atoms with Gasteiger partial charge in [0.05, 0.1) is 48.1 Å². The second kappa shape index (κ2) is 35.8. The number of hydrogen-bond acceptors (Lipinski definition) is 6. The van der Waals surface area contributed by atoms with E-state index in [9.17, 15) is 19.2 Å². The summed E-state index contributed by atoms with van der Waals surface area (Å²) in [6.45, 7) is 8.07. The van der Waals surface area contributed by atoms with Crippen molar-refractivity contribution in [3.05, 3.63) is 249 Å². The molecule has 2 aromatic heterocycles. The summed E-state index contributed by atoms with van der Waals surface area (Å²) in [7, 11) is 13.8. The summed E-state index contributed by atoms with van der Waals surface area (Å²) in [5.74, 6) is 3.95. The normalized spacial score (nSPS) is 16.0. The molecule has 2 heterocycles. The number of imidazole rings is 2. The van der Waals surface area contributed by atoms with Crippen LogP contribution in [0.4, 0.5) is 0 Å². The maximum absolute atomic E-state index is 12.8. The van der Waals surface area contributed by atoms with Gasteiger partial charge in [0, 0.05) is 37.2 Å². The summed E-state index contributed by atoms with van der Waals surface area (Å²) in [5.41, 5.74) is 8.19. The number of aryl methyl sites for hydroxylation is 2. The van der Waals surface area contributed by atoms with Crippen LogP contribution in [0.2, 0.25) is 19.6 Å². The van der Waals surface area contributed by atoms with Crippen LogP contribution in [0.1, 0.15) is 56.9 Å². The van der Waals surface area contributed by atoms with Crippen molar-refractivity contribution in [2.24, 2.45) is 37.8 Å². The molecule has 2 saturated carbocycles. The van der Waals surface area contributed by atoms with E-state index in [1.54, 1.807) is 9.13 Å². The molecule has 17 heteroatoms. The average molecular weight is 1480 g/mol. The van der Waals surface area contributed by atoms with Gasteiger partial charge in [-0.3, -0.25) is 27.9 Å². The number of carbonyl (C=O) groups excluding carboxylic acids is 2. The number of methoxy groups -OCH3 is 2. The molecular formula is C75H81BrCl2N4O6P2PdSi. The van der Waals surface area contributed by atoms with E-state index in [0.717, 1.165) is 83.5 Å². The fraction of sp³-hybridized carbons (Fsp3) is 0.280. The number of halogens is 3. The largest absolute Gasteiger partial charge is 0.0622 e. The molecule has 2 aliphatic rings. The molecule has 12 rings (SSSR count). The third-order valence-corrected chi connectivity index (χ3v) is 22.8. The summed E-state index contributed by atoms with van der Waals surface area (Å²) >= 11 is 3.38. The van der Waals surface area contributed by atoms with Crippen LogP contribution in [0, 0.1) is 35.1 Å². The van der Waals surface area contributed by atoms with E-state index in [2.05, 4.69) is 229 Å². The Labute approximate surface area is 570 Å². The number of aromatic nitrogens is 4. The van der Waals surface area contributed by atoms with Crippen LogP contribution < -0.4 is 43.2 Å². The minimum atomic E-state index is -1.45. The van der Waals surface area contributed by atoms with Gasteiger partial charge in [0.15, 0.2) is 0 Å². The van der Waals surface area contributed by atoms with Gasteiger partial charge in [-0.15, -0.1) is 5.54 Å². The van der Waals surface area contributed by atoms with Crippen LogP contribution in [-0.4, -0.2) is 52.5 Å². The third kappa shape index (κ3) is 19.8. The van der Waals surface area contributed by atoms with E-state index in [-0.39, 0.29) is 51.1 Å². The van der Waals surface area contributed by atoms with Crippen molar-refractivity contribution in [1.29, 1.82) is 0 Å². The van der Waals surface area contributed by atoms with E-state index >= 15 is 0 Å². The molecule has 0 saturated heterocycles. The smallest absolute Gasteiger partial charge is 0.0134 e. The second-order valence-corrected chi connectivity index (χ2v) is 36.4. The molecule has 0 atom stereocenters. The molecule has 8 aromatic carbocycles. The Morgan fingerprint density at radius 1 is 0.478 bits per heavy atom. The van der Waals surface area contributed by atoms with Crippen molar-refractivity contribution in [3.63, 3.8) is 0 Å². The van der Waals surface area contributed by atoms with Gasteiger partial charge in [-0.1, -0.05) is 223 Å². The number of carbonyl (C=O) groups is 2. The summed E-state index contributed by atoms with van der Waals surface area (Å²) < 4.78 is 17.8. The first-order chi connectivity index (χ1) is 44.5. The molecule has 0 radical (unpaired) electrons. The Bertz CT molecular complexity index is 3830. The second-order valence-electron chi connectivity index (χ2n) is 24.0. The van der Waals surface area contributed by atoms with E-state index in [0.29, 0.717) is 24.9 Å². The predicted molar refractivity (Wildman–Crippen MR) is 389 cm³/mol. The van der Waals surface area contributed by atoms with Gasteiger partial charge in [0.25, 0.3) is 0 Å². The van der Waals surface area contributed by atoms with Gasteiger partial charge >= 0.3 is 58.3 Å². The molecule has 0 N–H and O–H groups in total. The molecule has 0 bridgehead atoms. The van der Waals surface area contributed by atoms with Crippen molar-refractivity contribution in [2.75, 3.05) is 14.2 Å². The standard InChI is InChI=1S/C22H30N2O3Si.2C18H15P.C17H21BrN2O3.2ClH.Pd/c1-23-19-11-8-16(12-13-28(3,4)5)14-20(19)24(22(23)26)15-17-6-9-18(10-7-17)21(25)27-2;2*1-4-10-16(11-5-1)19(17-12-6-2-7-13-17)18-14-8-3-9-15-18;1-19-14-8-7-13(18)9-15(14)20(17(19)22)10-11-3-5-12(6-4-11)16(21)23-2;;;/h8,11,14,17-18H,6-7,9-10,15H2,1-5H3;2*1-15H;7-9,11-12H,3-6,10H2,1-2H3;2*1H;/q;;;;;;+2/p-2. The average Bonchev–Trinajstić information content (AvgIpc) is 1.64. The Hall–Kier alpha value is -6.40. The molecule has 0 amide bonds. The van der Waals surface area contributed by atoms with E-state index in [1.807, 2.05) is 59.6 Å². The molecule has 0 unspecified atom stereocenters. The molecule has 10 nitrogen and oxygen atoms in total. The Morgan fingerprint density at radius 3 is 1.07 bits per heavy atom.